The van der Waals surface area contributed by atoms with Crippen LogP contribution in [0.25, 0.3) is 11.0 Å². The van der Waals surface area contributed by atoms with E-state index in [9.17, 15) is 15.0 Å². The van der Waals surface area contributed by atoms with Crippen LogP contribution in [-0.4, -0.2) is 54.6 Å². The highest BCUT2D eigenvalue weighted by molar-refractivity contribution is 5.85. The summed E-state index contributed by atoms with van der Waals surface area (Å²) < 4.78 is 28.5. The Hall–Kier alpha value is -2.95. The molecule has 0 aliphatic carbocycles. The molecule has 3 N–H and O–H groups in total. The van der Waals surface area contributed by atoms with E-state index in [2.05, 4.69) is 5.32 Å². The molecule has 9 heteroatoms. The van der Waals surface area contributed by atoms with Crippen LogP contribution in [0.5, 0.6) is 5.75 Å². The van der Waals surface area contributed by atoms with Gasteiger partial charge >= 0.3 is 5.63 Å². The summed E-state index contributed by atoms with van der Waals surface area (Å²) in [6.45, 7) is 0.244. The summed E-state index contributed by atoms with van der Waals surface area (Å²) in [5.74, 6) is -0.163. The first-order valence-corrected chi connectivity index (χ1v) is 10.3. The Morgan fingerprint density at radius 3 is 2.69 bits per heavy atom. The molecular formula is C23H23NO8. The molecule has 2 saturated heterocycles. The van der Waals surface area contributed by atoms with Crippen LogP contribution in [0.3, 0.4) is 0 Å². The summed E-state index contributed by atoms with van der Waals surface area (Å²) in [4.78, 5) is 11.6. The van der Waals surface area contributed by atoms with Crippen molar-refractivity contribution in [2.75, 3.05) is 19.0 Å². The number of aromatic hydroxyl groups is 1. The van der Waals surface area contributed by atoms with Gasteiger partial charge in [-0.25, -0.2) is 4.79 Å². The molecule has 2 aromatic carbocycles. The molecule has 4 unspecified atom stereocenters. The maximum atomic E-state index is 11.6. The molecule has 2 fully saturated rings. The Morgan fingerprint density at radius 1 is 1.09 bits per heavy atom. The first-order valence-electron chi connectivity index (χ1n) is 10.3. The van der Waals surface area contributed by atoms with E-state index in [0.29, 0.717) is 11.1 Å². The van der Waals surface area contributed by atoms with Crippen LogP contribution in [0.4, 0.5) is 5.69 Å². The van der Waals surface area contributed by atoms with Gasteiger partial charge in [-0.3, -0.25) is 0 Å². The molecule has 3 aromatic rings. The highest BCUT2D eigenvalue weighted by Crippen LogP contribution is 2.35. The van der Waals surface area contributed by atoms with Crippen LogP contribution in [0.1, 0.15) is 11.9 Å². The molecular weight excluding hydrogens is 418 g/mol. The van der Waals surface area contributed by atoms with E-state index < -0.39 is 42.6 Å². The molecule has 0 amide bonds. The van der Waals surface area contributed by atoms with E-state index in [-0.39, 0.29) is 17.9 Å². The standard InChI is InChI=1S/C23H23NO8/c1-28-23-19(24-13-7-8-14-15(25)10-18(26)30-16(14)9-13)20(27)21-17(31-23)11-29-22(32-21)12-5-3-2-4-6-12/h2-10,17,19-25,27H,11H2,1H3/t17?,19?,20?,21-,22?,23+/m1/s1. The average Bonchev–Trinajstić information content (AvgIpc) is 2.80. The fourth-order valence-corrected chi connectivity index (χ4v) is 4.15. The third kappa shape index (κ3) is 3.85. The van der Waals surface area contributed by atoms with Crippen molar-refractivity contribution >= 4 is 16.7 Å². The second kappa shape index (κ2) is 8.53. The molecule has 3 heterocycles. The Kier molecular flexibility index (Phi) is 5.58. The molecule has 2 aliphatic rings. The Labute approximate surface area is 183 Å². The molecule has 168 valence electrons. The van der Waals surface area contributed by atoms with Crippen molar-refractivity contribution in [3.05, 3.63) is 70.6 Å². The first-order chi connectivity index (χ1) is 15.5. The number of benzene rings is 2. The predicted molar refractivity (Wildman–Crippen MR) is 113 cm³/mol. The van der Waals surface area contributed by atoms with Gasteiger partial charge in [-0.2, -0.15) is 0 Å². The number of ether oxygens (including phenoxy) is 4. The predicted octanol–water partition coefficient (Wildman–Crippen LogP) is 2.13. The summed E-state index contributed by atoms with van der Waals surface area (Å²) >= 11 is 0. The summed E-state index contributed by atoms with van der Waals surface area (Å²) in [7, 11) is 1.49. The van der Waals surface area contributed by atoms with Gasteiger partial charge in [0.25, 0.3) is 0 Å². The zero-order valence-electron chi connectivity index (χ0n) is 17.2. The van der Waals surface area contributed by atoms with Crippen molar-refractivity contribution < 1.29 is 33.6 Å². The smallest absolute Gasteiger partial charge is 0.339 e. The third-order valence-electron chi connectivity index (χ3n) is 5.73. The lowest BCUT2D eigenvalue weighted by Gasteiger charge is -2.47. The van der Waals surface area contributed by atoms with Crippen LogP contribution in [0, 0.1) is 0 Å². The number of aliphatic hydroxyl groups is 1. The van der Waals surface area contributed by atoms with Crippen molar-refractivity contribution in [2.45, 2.75) is 36.9 Å². The second-order valence-electron chi connectivity index (χ2n) is 7.78. The highest BCUT2D eigenvalue weighted by Gasteiger charge is 2.49. The van der Waals surface area contributed by atoms with Gasteiger partial charge in [0.1, 0.15) is 35.7 Å². The van der Waals surface area contributed by atoms with Crippen molar-refractivity contribution in [1.29, 1.82) is 0 Å². The molecule has 0 bridgehead atoms. The lowest BCUT2D eigenvalue weighted by atomic mass is 9.95. The maximum Gasteiger partial charge on any atom is 0.339 e. The third-order valence-corrected chi connectivity index (χ3v) is 5.73. The first kappa shape index (κ1) is 20.9. The van der Waals surface area contributed by atoms with Crippen molar-refractivity contribution in [1.82, 2.24) is 0 Å². The zero-order chi connectivity index (χ0) is 22.2. The number of hydrogen-bond donors (Lipinski definition) is 3. The number of rotatable bonds is 4. The topological polar surface area (TPSA) is 120 Å². The van der Waals surface area contributed by atoms with E-state index in [1.165, 1.54) is 7.11 Å². The minimum atomic E-state index is -0.985. The van der Waals surface area contributed by atoms with Gasteiger partial charge in [-0.15, -0.1) is 0 Å². The number of nitrogens with one attached hydrogen (secondary N) is 1. The van der Waals surface area contributed by atoms with E-state index in [4.69, 9.17) is 23.4 Å². The molecule has 6 atom stereocenters. The monoisotopic (exact) mass is 441 g/mol. The molecule has 0 saturated carbocycles. The minimum Gasteiger partial charge on any atom is -0.507 e. The highest BCUT2D eigenvalue weighted by atomic mass is 16.7. The van der Waals surface area contributed by atoms with Crippen LogP contribution >= 0.6 is 0 Å². The quantitative estimate of drug-likeness (QED) is 0.523. The zero-order valence-corrected chi connectivity index (χ0v) is 17.2. The summed E-state index contributed by atoms with van der Waals surface area (Å²) in [5.41, 5.74) is 0.949. The van der Waals surface area contributed by atoms with Crippen molar-refractivity contribution in [3.8, 4) is 5.75 Å². The lowest BCUT2D eigenvalue weighted by molar-refractivity contribution is -0.337. The summed E-state index contributed by atoms with van der Waals surface area (Å²) in [6.07, 6.45) is -3.53. The van der Waals surface area contributed by atoms with Crippen molar-refractivity contribution in [3.63, 3.8) is 0 Å². The number of methoxy groups -OCH3 is 1. The fraction of sp³-hybridized carbons (Fsp3) is 0.348. The van der Waals surface area contributed by atoms with Gasteiger partial charge in [0.15, 0.2) is 12.6 Å². The molecule has 2 aliphatic heterocycles. The average molecular weight is 441 g/mol. The normalized spacial score (nSPS) is 30.1. The molecule has 5 rings (SSSR count). The van der Waals surface area contributed by atoms with E-state index >= 15 is 0 Å². The molecule has 0 spiro atoms. The summed E-state index contributed by atoms with van der Waals surface area (Å²) in [6, 6.07) is 14.7. The number of fused-ring (bicyclic) bond motifs is 2. The van der Waals surface area contributed by atoms with Gasteiger partial charge in [0.05, 0.1) is 18.1 Å². The van der Waals surface area contributed by atoms with Gasteiger partial charge in [0, 0.05) is 24.4 Å². The SMILES string of the molecule is CO[C@H]1OC2COC(c3ccccc3)O[C@H]2C(O)C1Nc1ccc2c(O)cc(=O)oc2c1. The van der Waals surface area contributed by atoms with Gasteiger partial charge in [0.2, 0.25) is 0 Å². The van der Waals surface area contributed by atoms with E-state index in [0.717, 1.165) is 11.6 Å². The van der Waals surface area contributed by atoms with E-state index in [1.54, 1.807) is 18.2 Å². The summed E-state index contributed by atoms with van der Waals surface area (Å²) in [5, 5.41) is 24.7. The molecule has 1 aromatic heterocycles. The van der Waals surface area contributed by atoms with Gasteiger partial charge in [-0.1, -0.05) is 30.3 Å². The van der Waals surface area contributed by atoms with E-state index in [1.807, 2.05) is 30.3 Å². The van der Waals surface area contributed by atoms with Crippen molar-refractivity contribution in [2.24, 2.45) is 0 Å². The lowest BCUT2D eigenvalue weighted by Crippen LogP contribution is -2.64. The largest absolute Gasteiger partial charge is 0.507 e. The Balaban J connectivity index is 1.39. The van der Waals surface area contributed by atoms with Crippen LogP contribution in [0.15, 0.2) is 63.8 Å². The van der Waals surface area contributed by atoms with Crippen LogP contribution in [0.2, 0.25) is 0 Å². The van der Waals surface area contributed by atoms with Gasteiger partial charge in [-0.05, 0) is 12.1 Å². The molecule has 32 heavy (non-hydrogen) atoms. The Bertz CT molecular complexity index is 1150. The maximum absolute atomic E-state index is 11.6. The number of anilines is 1. The minimum absolute atomic E-state index is 0.163. The van der Waals surface area contributed by atoms with Gasteiger partial charge < -0.3 is 38.9 Å². The second-order valence-corrected chi connectivity index (χ2v) is 7.78. The Morgan fingerprint density at radius 2 is 1.91 bits per heavy atom. The van der Waals surface area contributed by atoms with Crippen LogP contribution in [-0.2, 0) is 18.9 Å². The molecule has 9 nitrogen and oxygen atoms in total. The molecule has 0 radical (unpaired) electrons. The fourth-order valence-electron chi connectivity index (χ4n) is 4.15. The van der Waals surface area contributed by atoms with Crippen LogP contribution < -0.4 is 10.9 Å². The number of hydrogen-bond acceptors (Lipinski definition) is 9. The number of aliphatic hydroxyl groups excluding tert-OH is 1.